The molecule has 4 atom stereocenters. The van der Waals surface area contributed by atoms with Gasteiger partial charge in [0, 0.05) is 45.5 Å². The summed E-state index contributed by atoms with van der Waals surface area (Å²) in [5.41, 5.74) is -2.39. The van der Waals surface area contributed by atoms with E-state index in [1.807, 2.05) is 27.7 Å². The number of carbonyl (C=O) groups is 4. The maximum Gasteiger partial charge on any atom is 4.00 e. The molecule has 0 amide bonds. The van der Waals surface area contributed by atoms with Gasteiger partial charge in [-0.1, -0.05) is 160 Å². The molecular formula is C40H76CeO8. The molecule has 0 saturated carbocycles. The molecule has 0 saturated heterocycles. The van der Waals surface area contributed by atoms with E-state index in [0.29, 0.717) is 12.8 Å². The molecule has 0 aromatic rings. The molecule has 49 heavy (non-hydrogen) atoms. The van der Waals surface area contributed by atoms with E-state index in [4.69, 9.17) is 0 Å². The van der Waals surface area contributed by atoms with Crippen molar-refractivity contribution in [3.63, 3.8) is 0 Å². The van der Waals surface area contributed by atoms with Crippen LogP contribution in [-0.2, 0) is 19.2 Å². The molecular weight excluding hydrogens is 749 g/mol. The molecule has 9 heteroatoms. The van der Waals surface area contributed by atoms with Crippen LogP contribution in [0, 0.1) is 63.4 Å². The minimum Gasteiger partial charge on any atom is -0.550 e. The molecule has 0 bridgehead atoms. The van der Waals surface area contributed by atoms with Gasteiger partial charge in [-0.25, -0.2) is 0 Å². The van der Waals surface area contributed by atoms with E-state index in [-0.39, 0.29) is 41.7 Å². The van der Waals surface area contributed by atoms with Crippen molar-refractivity contribution in [3.05, 3.63) is 0 Å². The molecule has 288 valence electrons. The molecule has 0 aromatic carbocycles. The molecule has 0 N–H and O–H groups in total. The summed E-state index contributed by atoms with van der Waals surface area (Å²) in [6.07, 6.45) is 18.1. The summed E-state index contributed by atoms with van der Waals surface area (Å²) in [6.45, 7) is 23.3. The van der Waals surface area contributed by atoms with Crippen LogP contribution in [0.2, 0.25) is 0 Å². The van der Waals surface area contributed by atoms with Crippen molar-refractivity contribution < 1.29 is 81.4 Å². The summed E-state index contributed by atoms with van der Waals surface area (Å²) < 4.78 is 0. The zero-order valence-electron chi connectivity index (χ0n) is 33.9. The van der Waals surface area contributed by atoms with Crippen LogP contribution >= 0.6 is 0 Å². The maximum atomic E-state index is 10.8. The van der Waals surface area contributed by atoms with Gasteiger partial charge in [0.25, 0.3) is 0 Å². The summed E-state index contributed by atoms with van der Waals surface area (Å²) >= 11 is 0. The molecule has 8 nitrogen and oxygen atoms in total. The van der Waals surface area contributed by atoms with E-state index in [1.165, 1.54) is 0 Å². The molecule has 0 aliphatic rings. The number of aliphatic carboxylic acids is 4. The first-order chi connectivity index (χ1) is 22.3. The number of rotatable bonds is 24. The van der Waals surface area contributed by atoms with Gasteiger partial charge in [-0.2, -0.15) is 0 Å². The second-order valence-corrected chi connectivity index (χ2v) is 14.7. The number of carbonyl (C=O) groups excluding carboxylic acids is 4. The Labute approximate surface area is 336 Å². The van der Waals surface area contributed by atoms with E-state index in [0.717, 1.165) is 116 Å². The van der Waals surface area contributed by atoms with Crippen molar-refractivity contribution in [3.8, 4) is 0 Å². The van der Waals surface area contributed by atoms with Crippen LogP contribution in [0.5, 0.6) is 0 Å². The number of carboxylic acid groups (broad SMARTS) is 4. The van der Waals surface area contributed by atoms with Crippen LogP contribution in [0.4, 0.5) is 0 Å². The summed E-state index contributed by atoms with van der Waals surface area (Å²) in [4.78, 5) is 43.1. The quantitative estimate of drug-likeness (QED) is 0.0948. The Bertz CT molecular complexity index is 782. The predicted molar refractivity (Wildman–Crippen MR) is 190 cm³/mol. The van der Waals surface area contributed by atoms with Crippen molar-refractivity contribution in [1.29, 1.82) is 0 Å². The van der Waals surface area contributed by atoms with Crippen molar-refractivity contribution >= 4 is 23.9 Å². The molecule has 0 heterocycles. The minimum atomic E-state index is -0.902. The first-order valence-electron chi connectivity index (χ1n) is 19.1. The molecule has 0 radical (unpaired) electrons. The molecule has 0 aliphatic heterocycles. The third-order valence-electron chi connectivity index (χ3n) is 9.96. The standard InChI is InChI=1S/4C10H20O2.Ce/c2*1-4-6-7-8-10(3,5-2)9(11)12;2*1-4-6-8-10(3,7-5-2)9(11)12;/h4*4-8H2,1-3H3,(H,11,12);/q;;;;+4/p-4. The molecule has 0 fully saturated rings. The Morgan fingerprint density at radius 3 is 0.735 bits per heavy atom. The van der Waals surface area contributed by atoms with Crippen LogP contribution in [0.15, 0.2) is 0 Å². The molecule has 0 aromatic heterocycles. The smallest absolute Gasteiger partial charge is 0.550 e. The number of carboxylic acids is 4. The number of unbranched alkanes of at least 4 members (excludes halogenated alkanes) is 6. The van der Waals surface area contributed by atoms with E-state index >= 15 is 0 Å². The van der Waals surface area contributed by atoms with Gasteiger partial charge in [-0.15, -0.1) is 0 Å². The third kappa shape index (κ3) is 27.6. The van der Waals surface area contributed by atoms with Gasteiger partial charge < -0.3 is 39.6 Å². The Morgan fingerprint density at radius 2 is 0.571 bits per heavy atom. The summed E-state index contributed by atoms with van der Waals surface area (Å²) in [6, 6.07) is 0. The average Bonchev–Trinajstić information content (AvgIpc) is 3.03. The van der Waals surface area contributed by atoms with Gasteiger partial charge in [0.15, 0.2) is 0 Å². The topological polar surface area (TPSA) is 161 Å². The van der Waals surface area contributed by atoms with Crippen molar-refractivity contribution in [2.75, 3.05) is 0 Å². The second-order valence-electron chi connectivity index (χ2n) is 14.7. The minimum absolute atomic E-state index is 0. The Kier molecular flexibility index (Phi) is 38.9. The van der Waals surface area contributed by atoms with E-state index in [9.17, 15) is 39.6 Å². The van der Waals surface area contributed by atoms with E-state index < -0.39 is 45.5 Å². The Morgan fingerprint density at radius 1 is 0.347 bits per heavy atom. The maximum absolute atomic E-state index is 10.8. The van der Waals surface area contributed by atoms with Crippen LogP contribution in [-0.4, -0.2) is 23.9 Å². The van der Waals surface area contributed by atoms with Crippen LogP contribution in [0.25, 0.3) is 0 Å². The van der Waals surface area contributed by atoms with Gasteiger partial charge in [-0.3, -0.25) is 0 Å². The number of hydrogen-bond acceptors (Lipinski definition) is 8. The van der Waals surface area contributed by atoms with Gasteiger partial charge in [0.1, 0.15) is 0 Å². The van der Waals surface area contributed by atoms with E-state index in [1.54, 1.807) is 27.7 Å². The SMILES string of the molecule is CCCCC(C)(CCC)C(=O)[O-].CCCCC(C)(CCC)C(=O)[O-].CCCCCC(C)(CC)C(=O)[O-].CCCCCC(C)(CC)C(=O)[O-].[Ce+4]. The van der Waals surface area contributed by atoms with Gasteiger partial charge in [0.2, 0.25) is 0 Å². The van der Waals surface area contributed by atoms with Crippen LogP contribution < -0.4 is 20.4 Å². The zero-order chi connectivity index (χ0) is 38.5. The Hall–Kier alpha value is -0.743. The number of hydrogen-bond donors (Lipinski definition) is 0. The van der Waals surface area contributed by atoms with Crippen molar-refractivity contribution in [2.45, 2.75) is 212 Å². The first kappa shape index (κ1) is 57.6. The zero-order valence-corrected chi connectivity index (χ0v) is 37.0. The molecule has 0 rings (SSSR count). The average molecular weight is 825 g/mol. The fraction of sp³-hybridized carbons (Fsp3) is 0.900. The molecule has 0 aliphatic carbocycles. The van der Waals surface area contributed by atoms with Crippen molar-refractivity contribution in [1.82, 2.24) is 0 Å². The largest absolute Gasteiger partial charge is 4.00 e. The summed E-state index contributed by atoms with van der Waals surface area (Å²) in [7, 11) is 0. The van der Waals surface area contributed by atoms with Gasteiger partial charge in [-0.05, 0) is 51.4 Å². The fourth-order valence-corrected chi connectivity index (χ4v) is 5.27. The van der Waals surface area contributed by atoms with Crippen LogP contribution in [0.1, 0.15) is 212 Å². The third-order valence-corrected chi connectivity index (χ3v) is 9.96. The van der Waals surface area contributed by atoms with Crippen molar-refractivity contribution in [2.24, 2.45) is 21.7 Å². The second kappa shape index (κ2) is 33.1. The first-order valence-corrected chi connectivity index (χ1v) is 19.1. The molecule has 0 spiro atoms. The summed E-state index contributed by atoms with van der Waals surface area (Å²) in [5.74, 6) is -3.59. The van der Waals surface area contributed by atoms with Crippen LogP contribution in [0.3, 0.4) is 0 Å². The normalized spacial score (nSPS) is 15.3. The van der Waals surface area contributed by atoms with Gasteiger partial charge >= 0.3 is 41.7 Å². The Balaban J connectivity index is -0.000000174. The predicted octanol–water partition coefficient (Wildman–Crippen LogP) is 6.93. The van der Waals surface area contributed by atoms with Gasteiger partial charge in [0.05, 0.1) is 0 Å². The summed E-state index contributed by atoms with van der Waals surface area (Å²) in [5, 5.41) is 43.1. The fourth-order valence-electron chi connectivity index (χ4n) is 5.27. The monoisotopic (exact) mass is 824 g/mol. The van der Waals surface area contributed by atoms with E-state index in [2.05, 4.69) is 27.7 Å². The molecule has 4 unspecified atom stereocenters.